The highest BCUT2D eigenvalue weighted by Crippen LogP contribution is 2.16. The van der Waals surface area contributed by atoms with Gasteiger partial charge in [-0.1, -0.05) is 30.3 Å². The van der Waals surface area contributed by atoms with E-state index in [0.717, 1.165) is 5.75 Å². The van der Waals surface area contributed by atoms with Crippen molar-refractivity contribution < 1.29 is 19.1 Å². The fourth-order valence-corrected chi connectivity index (χ4v) is 2.03. The maximum atomic E-state index is 12.0. The molecule has 0 bridgehead atoms. The minimum absolute atomic E-state index is 0.0174. The molecule has 4 nitrogen and oxygen atoms in total. The predicted octanol–water partition coefficient (Wildman–Crippen LogP) is 3.70. The normalized spacial score (nSPS) is 10.1. The summed E-state index contributed by atoms with van der Waals surface area (Å²) in [6.07, 6.45) is 0.505. The van der Waals surface area contributed by atoms with Crippen LogP contribution in [0.2, 0.25) is 0 Å². The largest absolute Gasteiger partial charge is 0.490 e. The molecule has 0 spiro atoms. The van der Waals surface area contributed by atoms with Crippen molar-refractivity contribution in [3.63, 3.8) is 0 Å². The van der Waals surface area contributed by atoms with Crippen LogP contribution >= 0.6 is 0 Å². The number of rotatable bonds is 9. The molecule has 0 aliphatic heterocycles. The molecule has 0 amide bonds. The van der Waals surface area contributed by atoms with Crippen LogP contribution in [0.25, 0.3) is 0 Å². The number of hydrogen-bond acceptors (Lipinski definition) is 4. The number of ketones is 2. The van der Waals surface area contributed by atoms with E-state index >= 15 is 0 Å². The standard InChI is InChI=1S/C19H20O4/c1-15(20)10-11-19(21)16-6-5-9-18(14-16)23-13-12-22-17-7-3-2-4-8-17/h2-9,14H,10-13H2,1H3. The first-order valence-corrected chi connectivity index (χ1v) is 7.58. The minimum atomic E-state index is -0.0498. The number of para-hydroxylation sites is 1. The third-order valence-electron chi connectivity index (χ3n) is 3.22. The van der Waals surface area contributed by atoms with Gasteiger partial charge in [0.1, 0.15) is 30.5 Å². The number of ether oxygens (including phenoxy) is 2. The van der Waals surface area contributed by atoms with Crippen LogP contribution in [0.3, 0.4) is 0 Å². The van der Waals surface area contributed by atoms with Gasteiger partial charge in [0.2, 0.25) is 0 Å². The smallest absolute Gasteiger partial charge is 0.163 e. The van der Waals surface area contributed by atoms with E-state index in [9.17, 15) is 9.59 Å². The van der Waals surface area contributed by atoms with Gasteiger partial charge in [0.05, 0.1) is 0 Å². The fraction of sp³-hybridized carbons (Fsp3) is 0.263. The molecule has 4 heteroatoms. The van der Waals surface area contributed by atoms with Crippen LogP contribution in [0.15, 0.2) is 54.6 Å². The van der Waals surface area contributed by atoms with Crippen LogP contribution in [0.5, 0.6) is 11.5 Å². The van der Waals surface area contributed by atoms with E-state index in [0.29, 0.717) is 24.5 Å². The van der Waals surface area contributed by atoms with Crippen molar-refractivity contribution in [2.24, 2.45) is 0 Å². The molecule has 2 aromatic carbocycles. The highest BCUT2D eigenvalue weighted by atomic mass is 16.5. The molecule has 0 aromatic heterocycles. The summed E-state index contributed by atoms with van der Waals surface area (Å²) in [4.78, 5) is 22.9. The SMILES string of the molecule is CC(=O)CCC(=O)c1cccc(OCCOc2ccccc2)c1. The lowest BCUT2D eigenvalue weighted by Gasteiger charge is -2.09. The van der Waals surface area contributed by atoms with Gasteiger partial charge in [-0.3, -0.25) is 4.79 Å². The summed E-state index contributed by atoms with van der Waals surface area (Å²) < 4.78 is 11.1. The Balaban J connectivity index is 1.80. The van der Waals surface area contributed by atoms with Gasteiger partial charge in [0.15, 0.2) is 5.78 Å². The van der Waals surface area contributed by atoms with E-state index < -0.39 is 0 Å². The maximum absolute atomic E-state index is 12.0. The highest BCUT2D eigenvalue weighted by molar-refractivity contribution is 5.98. The zero-order valence-corrected chi connectivity index (χ0v) is 13.2. The third-order valence-corrected chi connectivity index (χ3v) is 3.22. The lowest BCUT2D eigenvalue weighted by atomic mass is 10.1. The molecule has 0 aliphatic rings. The number of Topliss-reactive ketones (excluding diaryl/α,β-unsaturated/α-hetero) is 2. The van der Waals surface area contributed by atoms with Crippen molar-refractivity contribution in [1.29, 1.82) is 0 Å². The molecule has 0 heterocycles. The average Bonchev–Trinajstić information content (AvgIpc) is 2.58. The number of carbonyl (C=O) groups excluding carboxylic acids is 2. The van der Waals surface area contributed by atoms with Gasteiger partial charge in [0.25, 0.3) is 0 Å². The third kappa shape index (κ3) is 5.94. The molecule has 0 radical (unpaired) electrons. The lowest BCUT2D eigenvalue weighted by molar-refractivity contribution is -0.116. The zero-order valence-electron chi connectivity index (χ0n) is 13.2. The van der Waals surface area contributed by atoms with Crippen LogP contribution < -0.4 is 9.47 Å². The van der Waals surface area contributed by atoms with Crippen molar-refractivity contribution in [3.8, 4) is 11.5 Å². The molecule has 0 unspecified atom stereocenters. The Morgan fingerprint density at radius 2 is 1.48 bits per heavy atom. The lowest BCUT2D eigenvalue weighted by Crippen LogP contribution is -2.09. The average molecular weight is 312 g/mol. The van der Waals surface area contributed by atoms with Crippen LogP contribution in [0, 0.1) is 0 Å². The van der Waals surface area contributed by atoms with Crippen LogP contribution in [0.1, 0.15) is 30.1 Å². The van der Waals surface area contributed by atoms with Crippen molar-refractivity contribution in [2.45, 2.75) is 19.8 Å². The van der Waals surface area contributed by atoms with Crippen LogP contribution in [-0.2, 0) is 4.79 Å². The zero-order chi connectivity index (χ0) is 16.5. The van der Waals surface area contributed by atoms with E-state index in [1.165, 1.54) is 6.92 Å². The van der Waals surface area contributed by atoms with Crippen LogP contribution in [-0.4, -0.2) is 24.8 Å². The summed E-state index contributed by atoms with van der Waals surface area (Å²) in [6.45, 7) is 2.30. The Morgan fingerprint density at radius 3 is 2.17 bits per heavy atom. The molecule has 0 saturated heterocycles. The van der Waals surface area contributed by atoms with Gasteiger partial charge in [-0.2, -0.15) is 0 Å². The Kier molecular flexibility index (Phi) is 6.36. The van der Waals surface area contributed by atoms with Crippen molar-refractivity contribution >= 4 is 11.6 Å². The highest BCUT2D eigenvalue weighted by Gasteiger charge is 2.08. The van der Waals surface area contributed by atoms with Crippen LogP contribution in [0.4, 0.5) is 0 Å². The fourth-order valence-electron chi connectivity index (χ4n) is 2.03. The van der Waals surface area contributed by atoms with E-state index in [-0.39, 0.29) is 24.4 Å². The monoisotopic (exact) mass is 312 g/mol. The van der Waals surface area contributed by atoms with Crippen molar-refractivity contribution in [1.82, 2.24) is 0 Å². The first-order valence-electron chi connectivity index (χ1n) is 7.58. The van der Waals surface area contributed by atoms with E-state index in [2.05, 4.69) is 0 Å². The number of benzene rings is 2. The van der Waals surface area contributed by atoms with Crippen molar-refractivity contribution in [2.75, 3.05) is 13.2 Å². The Morgan fingerprint density at radius 1 is 0.826 bits per heavy atom. The molecule has 2 rings (SSSR count). The first kappa shape index (κ1) is 16.7. The molecule has 0 atom stereocenters. The predicted molar refractivity (Wildman–Crippen MR) is 88.1 cm³/mol. The summed E-state index contributed by atoms with van der Waals surface area (Å²) in [7, 11) is 0. The number of hydrogen-bond donors (Lipinski definition) is 0. The molecule has 2 aromatic rings. The summed E-state index contributed by atoms with van der Waals surface area (Å²) in [5, 5.41) is 0. The molecule has 0 saturated carbocycles. The molecular weight excluding hydrogens is 292 g/mol. The second-order valence-electron chi connectivity index (χ2n) is 5.16. The van der Waals surface area contributed by atoms with E-state index in [1.807, 2.05) is 30.3 Å². The van der Waals surface area contributed by atoms with Crippen molar-refractivity contribution in [3.05, 3.63) is 60.2 Å². The molecule has 0 aliphatic carbocycles. The first-order chi connectivity index (χ1) is 11.1. The van der Waals surface area contributed by atoms with Gasteiger partial charge in [-0.15, -0.1) is 0 Å². The quantitative estimate of drug-likeness (QED) is 0.523. The Hall–Kier alpha value is -2.62. The second-order valence-corrected chi connectivity index (χ2v) is 5.16. The van der Waals surface area contributed by atoms with Gasteiger partial charge < -0.3 is 14.3 Å². The molecule has 23 heavy (non-hydrogen) atoms. The Labute approximate surface area is 136 Å². The molecule has 120 valence electrons. The van der Waals surface area contributed by atoms with Gasteiger partial charge in [0, 0.05) is 18.4 Å². The Bertz CT molecular complexity index is 649. The van der Waals surface area contributed by atoms with Gasteiger partial charge in [-0.05, 0) is 31.2 Å². The van der Waals surface area contributed by atoms with E-state index in [1.54, 1.807) is 24.3 Å². The topological polar surface area (TPSA) is 52.6 Å². The maximum Gasteiger partial charge on any atom is 0.163 e. The summed E-state index contributed by atoms with van der Waals surface area (Å²) >= 11 is 0. The van der Waals surface area contributed by atoms with Gasteiger partial charge >= 0.3 is 0 Å². The molecular formula is C19H20O4. The second kappa shape index (κ2) is 8.73. The van der Waals surface area contributed by atoms with Gasteiger partial charge in [-0.25, -0.2) is 0 Å². The summed E-state index contributed by atoms with van der Waals surface area (Å²) in [6, 6.07) is 16.5. The molecule has 0 N–H and O–H groups in total. The van der Waals surface area contributed by atoms with E-state index in [4.69, 9.17) is 9.47 Å². The summed E-state index contributed by atoms with van der Waals surface area (Å²) in [5.41, 5.74) is 0.563. The number of carbonyl (C=O) groups is 2. The molecule has 0 fully saturated rings. The summed E-state index contributed by atoms with van der Waals surface area (Å²) in [5.74, 6) is 1.38. The minimum Gasteiger partial charge on any atom is -0.490 e.